The molecule has 0 radical (unpaired) electrons. The lowest BCUT2D eigenvalue weighted by molar-refractivity contribution is 0.200. The van der Waals surface area contributed by atoms with Crippen LogP contribution in [0.3, 0.4) is 0 Å². The standard InChI is InChI=1S/C17H20OS/c1-18-13-8-14-19-17(15-9-4-2-5-10-15)16-11-6-3-7-12-16/h2-7,9-12,17H,8,13-14H2,1H3. The van der Waals surface area contributed by atoms with Gasteiger partial charge in [-0.3, -0.25) is 0 Å². The number of thioether (sulfide) groups is 1. The summed E-state index contributed by atoms with van der Waals surface area (Å²) >= 11 is 1.99. The van der Waals surface area contributed by atoms with E-state index in [2.05, 4.69) is 60.7 Å². The van der Waals surface area contributed by atoms with Gasteiger partial charge in [0.15, 0.2) is 0 Å². The third-order valence-electron chi connectivity index (χ3n) is 2.98. The van der Waals surface area contributed by atoms with Crippen molar-refractivity contribution in [2.24, 2.45) is 0 Å². The molecule has 2 aromatic rings. The van der Waals surface area contributed by atoms with Gasteiger partial charge in [-0.2, -0.15) is 0 Å². The number of hydrogen-bond acceptors (Lipinski definition) is 2. The maximum atomic E-state index is 5.12. The van der Waals surface area contributed by atoms with Gasteiger partial charge in [-0.15, -0.1) is 11.8 Å². The molecule has 2 rings (SSSR count). The van der Waals surface area contributed by atoms with E-state index in [1.165, 1.54) is 11.1 Å². The van der Waals surface area contributed by atoms with Crippen LogP contribution in [0, 0.1) is 0 Å². The molecule has 0 N–H and O–H groups in total. The number of rotatable bonds is 7. The largest absolute Gasteiger partial charge is 0.385 e. The van der Waals surface area contributed by atoms with E-state index >= 15 is 0 Å². The third-order valence-corrected chi connectivity index (χ3v) is 4.38. The fourth-order valence-electron chi connectivity index (χ4n) is 2.05. The van der Waals surface area contributed by atoms with Crippen LogP contribution < -0.4 is 0 Å². The van der Waals surface area contributed by atoms with Gasteiger partial charge >= 0.3 is 0 Å². The van der Waals surface area contributed by atoms with Gasteiger partial charge in [0.2, 0.25) is 0 Å². The van der Waals surface area contributed by atoms with Crippen LogP contribution in [0.2, 0.25) is 0 Å². The summed E-state index contributed by atoms with van der Waals surface area (Å²) in [7, 11) is 1.76. The van der Waals surface area contributed by atoms with E-state index in [0.29, 0.717) is 5.25 Å². The van der Waals surface area contributed by atoms with E-state index in [4.69, 9.17) is 4.74 Å². The number of benzene rings is 2. The fraction of sp³-hybridized carbons (Fsp3) is 0.294. The zero-order valence-electron chi connectivity index (χ0n) is 11.3. The van der Waals surface area contributed by atoms with Crippen LogP contribution >= 0.6 is 11.8 Å². The molecule has 0 saturated carbocycles. The topological polar surface area (TPSA) is 9.23 Å². The molecule has 0 bridgehead atoms. The molecule has 0 unspecified atom stereocenters. The summed E-state index contributed by atoms with van der Waals surface area (Å²) in [5.74, 6) is 1.11. The highest BCUT2D eigenvalue weighted by molar-refractivity contribution is 7.99. The molecule has 0 atom stereocenters. The lowest BCUT2D eigenvalue weighted by atomic mass is 10.0. The smallest absolute Gasteiger partial charge is 0.0546 e. The Morgan fingerprint density at radius 3 is 1.89 bits per heavy atom. The highest BCUT2D eigenvalue weighted by Gasteiger charge is 2.13. The number of hydrogen-bond donors (Lipinski definition) is 0. The Labute approximate surface area is 120 Å². The van der Waals surface area contributed by atoms with E-state index in [9.17, 15) is 0 Å². The predicted octanol–water partition coefficient (Wildman–Crippen LogP) is 4.55. The predicted molar refractivity (Wildman–Crippen MR) is 83.7 cm³/mol. The molecular formula is C17H20OS. The second-order valence-electron chi connectivity index (χ2n) is 4.42. The lowest BCUT2D eigenvalue weighted by Crippen LogP contribution is -1.99. The molecule has 0 heterocycles. The van der Waals surface area contributed by atoms with E-state index in [1.54, 1.807) is 7.11 Å². The Kier molecular flexibility index (Phi) is 5.99. The van der Waals surface area contributed by atoms with Crippen molar-refractivity contribution in [3.8, 4) is 0 Å². The first-order valence-corrected chi connectivity index (χ1v) is 7.67. The van der Waals surface area contributed by atoms with Crippen LogP contribution in [-0.2, 0) is 4.74 Å². The lowest BCUT2D eigenvalue weighted by Gasteiger charge is -2.17. The zero-order valence-corrected chi connectivity index (χ0v) is 12.1. The average molecular weight is 272 g/mol. The molecule has 0 amide bonds. The van der Waals surface area contributed by atoms with Crippen molar-refractivity contribution in [1.29, 1.82) is 0 Å². The number of methoxy groups -OCH3 is 1. The van der Waals surface area contributed by atoms with E-state index in [-0.39, 0.29) is 0 Å². The molecule has 2 heteroatoms. The van der Waals surface area contributed by atoms with Gasteiger partial charge in [0.05, 0.1) is 5.25 Å². The Bertz CT molecular complexity index is 416. The Balaban J connectivity index is 2.10. The fourth-order valence-corrected chi connectivity index (χ4v) is 3.26. The summed E-state index contributed by atoms with van der Waals surface area (Å²) in [4.78, 5) is 0. The summed E-state index contributed by atoms with van der Waals surface area (Å²) in [6.07, 6.45) is 1.09. The second-order valence-corrected chi connectivity index (χ2v) is 5.63. The van der Waals surface area contributed by atoms with Crippen molar-refractivity contribution in [3.05, 3.63) is 71.8 Å². The summed E-state index contributed by atoms with van der Waals surface area (Å²) < 4.78 is 5.12. The molecule has 2 aromatic carbocycles. The molecule has 0 spiro atoms. The third kappa shape index (κ3) is 4.41. The van der Waals surface area contributed by atoms with Crippen molar-refractivity contribution in [2.75, 3.05) is 19.5 Å². The number of ether oxygens (including phenoxy) is 1. The monoisotopic (exact) mass is 272 g/mol. The minimum absolute atomic E-state index is 0.416. The molecular weight excluding hydrogens is 252 g/mol. The Hall–Kier alpha value is -1.25. The maximum Gasteiger partial charge on any atom is 0.0546 e. The van der Waals surface area contributed by atoms with Crippen molar-refractivity contribution in [3.63, 3.8) is 0 Å². The van der Waals surface area contributed by atoms with Gasteiger partial charge in [0.1, 0.15) is 0 Å². The van der Waals surface area contributed by atoms with Gasteiger partial charge in [0.25, 0.3) is 0 Å². The van der Waals surface area contributed by atoms with Gasteiger partial charge in [-0.05, 0) is 23.3 Å². The molecule has 19 heavy (non-hydrogen) atoms. The molecule has 0 aromatic heterocycles. The summed E-state index contributed by atoms with van der Waals surface area (Å²) in [5.41, 5.74) is 2.74. The first-order valence-electron chi connectivity index (χ1n) is 6.62. The Morgan fingerprint density at radius 1 is 0.895 bits per heavy atom. The average Bonchev–Trinajstić information content (AvgIpc) is 2.49. The molecule has 0 aliphatic heterocycles. The van der Waals surface area contributed by atoms with Crippen LogP contribution in [0.1, 0.15) is 22.8 Å². The quantitative estimate of drug-likeness (QED) is 0.684. The summed E-state index contributed by atoms with van der Waals surface area (Å²) in [5, 5.41) is 0.416. The SMILES string of the molecule is COCCCSC(c1ccccc1)c1ccccc1. The Morgan fingerprint density at radius 2 is 1.42 bits per heavy atom. The van der Waals surface area contributed by atoms with Crippen LogP contribution in [0.25, 0.3) is 0 Å². The van der Waals surface area contributed by atoms with Crippen LogP contribution in [0.15, 0.2) is 60.7 Å². The molecule has 0 fully saturated rings. The molecule has 1 nitrogen and oxygen atoms in total. The normalized spacial score (nSPS) is 10.8. The second kappa shape index (κ2) is 8.03. The van der Waals surface area contributed by atoms with Gasteiger partial charge in [-0.25, -0.2) is 0 Å². The first kappa shape index (κ1) is 14.2. The minimum Gasteiger partial charge on any atom is -0.385 e. The highest BCUT2D eigenvalue weighted by Crippen LogP contribution is 2.35. The van der Waals surface area contributed by atoms with Crippen LogP contribution in [0.5, 0.6) is 0 Å². The molecule has 100 valence electrons. The van der Waals surface area contributed by atoms with Crippen molar-refractivity contribution in [1.82, 2.24) is 0 Å². The molecule has 0 saturated heterocycles. The molecule has 0 aliphatic carbocycles. The van der Waals surface area contributed by atoms with Crippen LogP contribution in [-0.4, -0.2) is 19.5 Å². The van der Waals surface area contributed by atoms with Gasteiger partial charge in [-0.1, -0.05) is 60.7 Å². The van der Waals surface area contributed by atoms with E-state index in [0.717, 1.165) is 18.8 Å². The summed E-state index contributed by atoms with van der Waals surface area (Å²) in [6, 6.07) is 21.4. The van der Waals surface area contributed by atoms with E-state index in [1.807, 2.05) is 11.8 Å². The first-order chi connectivity index (χ1) is 9.42. The van der Waals surface area contributed by atoms with Crippen molar-refractivity contribution in [2.45, 2.75) is 11.7 Å². The van der Waals surface area contributed by atoms with Gasteiger partial charge < -0.3 is 4.74 Å². The zero-order chi connectivity index (χ0) is 13.3. The van der Waals surface area contributed by atoms with Gasteiger partial charge in [0, 0.05) is 13.7 Å². The summed E-state index contributed by atoms with van der Waals surface area (Å²) in [6.45, 7) is 0.837. The van der Waals surface area contributed by atoms with Crippen LogP contribution in [0.4, 0.5) is 0 Å². The highest BCUT2D eigenvalue weighted by atomic mass is 32.2. The van der Waals surface area contributed by atoms with E-state index < -0.39 is 0 Å². The van der Waals surface area contributed by atoms with Crippen molar-refractivity contribution < 1.29 is 4.74 Å². The maximum absolute atomic E-state index is 5.12. The minimum atomic E-state index is 0.416. The molecule has 0 aliphatic rings. The van der Waals surface area contributed by atoms with Crippen molar-refractivity contribution >= 4 is 11.8 Å².